The van der Waals surface area contributed by atoms with Gasteiger partial charge in [-0.15, -0.1) is 0 Å². The van der Waals surface area contributed by atoms with Crippen molar-refractivity contribution in [3.8, 4) is 5.75 Å². The van der Waals surface area contributed by atoms with E-state index in [2.05, 4.69) is 0 Å². The van der Waals surface area contributed by atoms with E-state index in [0.717, 1.165) is 16.6 Å². The molecule has 1 aromatic heterocycles. The van der Waals surface area contributed by atoms with Gasteiger partial charge in [-0.05, 0) is 61.7 Å². The third-order valence-corrected chi connectivity index (χ3v) is 4.68. The van der Waals surface area contributed by atoms with Crippen LogP contribution in [0.15, 0.2) is 42.5 Å². The number of phenolic OH excluding ortho intramolecular Hbond substituents is 1. The third-order valence-electron chi connectivity index (χ3n) is 4.44. The number of fused-ring (bicyclic) bond motifs is 1. The number of amides is 1. The molecule has 6 heteroatoms. The molecule has 0 fully saturated rings. The van der Waals surface area contributed by atoms with Crippen LogP contribution in [0.4, 0.5) is 0 Å². The average Bonchev–Trinajstić information content (AvgIpc) is 2.85. The number of primary amides is 1. The van der Waals surface area contributed by atoms with Crippen molar-refractivity contribution in [1.82, 2.24) is 4.57 Å². The second kappa shape index (κ2) is 7.22. The number of rotatable bonds is 5. The highest BCUT2D eigenvalue weighted by Crippen LogP contribution is 2.31. The Labute approximate surface area is 156 Å². The summed E-state index contributed by atoms with van der Waals surface area (Å²) in [5.41, 5.74) is 8.11. The molecule has 1 amide bonds. The lowest BCUT2D eigenvalue weighted by atomic mass is 10.0. The van der Waals surface area contributed by atoms with Gasteiger partial charge in [-0.1, -0.05) is 17.7 Å². The largest absolute Gasteiger partial charge is 0.508 e. The molecule has 1 heterocycles. The SMILES string of the molecule is Cc1c(CCCC(N)=O)c2cc(O)ccc2n1C(=O)c1cccc(Cl)c1. The van der Waals surface area contributed by atoms with Crippen molar-refractivity contribution in [3.63, 3.8) is 0 Å². The normalized spacial score (nSPS) is 11.0. The van der Waals surface area contributed by atoms with Gasteiger partial charge in [-0.3, -0.25) is 14.2 Å². The van der Waals surface area contributed by atoms with Gasteiger partial charge in [-0.2, -0.15) is 0 Å². The summed E-state index contributed by atoms with van der Waals surface area (Å²) in [7, 11) is 0. The predicted molar refractivity (Wildman–Crippen MR) is 102 cm³/mol. The molecule has 0 saturated carbocycles. The van der Waals surface area contributed by atoms with E-state index in [-0.39, 0.29) is 24.0 Å². The van der Waals surface area contributed by atoms with E-state index in [1.54, 1.807) is 47.0 Å². The molecule has 0 saturated heterocycles. The first-order valence-electron chi connectivity index (χ1n) is 8.30. The molecule has 134 valence electrons. The topological polar surface area (TPSA) is 85.3 Å². The van der Waals surface area contributed by atoms with Crippen LogP contribution < -0.4 is 5.73 Å². The van der Waals surface area contributed by atoms with Gasteiger partial charge in [0.2, 0.25) is 5.91 Å². The van der Waals surface area contributed by atoms with E-state index in [9.17, 15) is 14.7 Å². The molecule has 0 unspecified atom stereocenters. The van der Waals surface area contributed by atoms with Crippen LogP contribution in [0.2, 0.25) is 5.02 Å². The van der Waals surface area contributed by atoms with Gasteiger partial charge < -0.3 is 10.8 Å². The summed E-state index contributed by atoms with van der Waals surface area (Å²) in [6.07, 6.45) is 1.44. The van der Waals surface area contributed by atoms with E-state index in [4.69, 9.17) is 17.3 Å². The Balaban J connectivity index is 2.11. The number of aryl methyl sites for hydroxylation is 1. The van der Waals surface area contributed by atoms with Gasteiger partial charge in [0.15, 0.2) is 0 Å². The van der Waals surface area contributed by atoms with E-state index >= 15 is 0 Å². The predicted octanol–water partition coefficient (Wildman–Crippen LogP) is 3.81. The summed E-state index contributed by atoms with van der Waals surface area (Å²) in [6, 6.07) is 11.7. The lowest BCUT2D eigenvalue weighted by Gasteiger charge is -2.08. The first-order valence-corrected chi connectivity index (χ1v) is 8.67. The molecular weight excluding hydrogens is 352 g/mol. The summed E-state index contributed by atoms with van der Waals surface area (Å²) in [5.74, 6) is -0.424. The molecule has 3 rings (SSSR count). The fourth-order valence-corrected chi connectivity index (χ4v) is 3.43. The van der Waals surface area contributed by atoms with Crippen LogP contribution in [-0.2, 0) is 11.2 Å². The van der Waals surface area contributed by atoms with Crippen LogP contribution in [0.25, 0.3) is 10.9 Å². The number of benzene rings is 2. The molecule has 3 aromatic rings. The Morgan fingerprint density at radius 2 is 1.96 bits per heavy atom. The Morgan fingerprint density at radius 3 is 2.65 bits per heavy atom. The van der Waals surface area contributed by atoms with Crippen LogP contribution in [0.1, 0.15) is 34.5 Å². The number of phenols is 1. The second-order valence-corrected chi connectivity index (χ2v) is 6.67. The highest BCUT2D eigenvalue weighted by Gasteiger charge is 2.20. The smallest absolute Gasteiger partial charge is 0.262 e. The Hall–Kier alpha value is -2.79. The zero-order chi connectivity index (χ0) is 18.8. The highest BCUT2D eigenvalue weighted by atomic mass is 35.5. The molecule has 0 atom stereocenters. The first kappa shape index (κ1) is 18.0. The van der Waals surface area contributed by atoms with Crippen LogP contribution >= 0.6 is 11.6 Å². The van der Waals surface area contributed by atoms with Crippen LogP contribution in [0.5, 0.6) is 5.75 Å². The summed E-state index contributed by atoms with van der Waals surface area (Å²) >= 11 is 6.02. The van der Waals surface area contributed by atoms with Gasteiger partial charge in [0, 0.05) is 28.1 Å². The van der Waals surface area contributed by atoms with Gasteiger partial charge in [0.25, 0.3) is 5.91 Å². The number of halogens is 1. The average molecular weight is 371 g/mol. The van der Waals surface area contributed by atoms with Gasteiger partial charge in [0.05, 0.1) is 5.52 Å². The van der Waals surface area contributed by atoms with Gasteiger partial charge in [-0.25, -0.2) is 0 Å². The zero-order valence-corrected chi connectivity index (χ0v) is 15.1. The second-order valence-electron chi connectivity index (χ2n) is 6.24. The summed E-state index contributed by atoms with van der Waals surface area (Å²) in [4.78, 5) is 24.1. The number of aromatic hydroxyl groups is 1. The van der Waals surface area contributed by atoms with Crippen LogP contribution in [0.3, 0.4) is 0 Å². The number of carbonyl (C=O) groups excluding carboxylic acids is 2. The molecule has 26 heavy (non-hydrogen) atoms. The van der Waals surface area contributed by atoms with Gasteiger partial charge >= 0.3 is 0 Å². The zero-order valence-electron chi connectivity index (χ0n) is 14.3. The summed E-state index contributed by atoms with van der Waals surface area (Å²) in [6.45, 7) is 1.86. The van der Waals surface area contributed by atoms with Crippen molar-refractivity contribution in [1.29, 1.82) is 0 Å². The molecule has 0 radical (unpaired) electrons. The lowest BCUT2D eigenvalue weighted by Crippen LogP contribution is -2.14. The molecule has 0 aliphatic heterocycles. The van der Waals surface area contributed by atoms with Crippen molar-refractivity contribution in [2.75, 3.05) is 0 Å². The maximum Gasteiger partial charge on any atom is 0.262 e. The van der Waals surface area contributed by atoms with Crippen molar-refractivity contribution in [3.05, 3.63) is 64.3 Å². The summed E-state index contributed by atoms with van der Waals surface area (Å²) < 4.78 is 1.63. The van der Waals surface area contributed by atoms with Crippen molar-refractivity contribution in [2.45, 2.75) is 26.2 Å². The number of carbonyl (C=O) groups is 2. The number of hydrogen-bond acceptors (Lipinski definition) is 3. The summed E-state index contributed by atoms with van der Waals surface area (Å²) in [5, 5.41) is 11.2. The van der Waals surface area contributed by atoms with Gasteiger partial charge in [0.1, 0.15) is 5.75 Å². The van der Waals surface area contributed by atoms with E-state index in [1.165, 1.54) is 0 Å². The molecule has 2 aromatic carbocycles. The molecule has 0 aliphatic rings. The van der Waals surface area contributed by atoms with Crippen molar-refractivity contribution >= 4 is 34.3 Å². The minimum Gasteiger partial charge on any atom is -0.508 e. The number of nitrogens with zero attached hydrogens (tertiary/aromatic N) is 1. The van der Waals surface area contributed by atoms with Crippen molar-refractivity contribution < 1.29 is 14.7 Å². The Morgan fingerprint density at radius 1 is 1.19 bits per heavy atom. The standard InChI is InChI=1S/C20H19ClN2O3/c1-12-16(6-3-7-19(22)25)17-11-15(24)8-9-18(17)23(12)20(26)13-4-2-5-14(21)10-13/h2,4-5,8-11,24H,3,6-7H2,1H3,(H2,22,25). The maximum atomic E-state index is 13.1. The third kappa shape index (κ3) is 3.44. The molecular formula is C20H19ClN2O3. The Kier molecular flexibility index (Phi) is 5.00. The fraction of sp³-hybridized carbons (Fsp3) is 0.200. The van der Waals surface area contributed by atoms with Crippen LogP contribution in [-0.4, -0.2) is 21.5 Å². The highest BCUT2D eigenvalue weighted by molar-refractivity contribution is 6.31. The fourth-order valence-electron chi connectivity index (χ4n) is 3.24. The molecule has 0 aliphatic carbocycles. The minimum atomic E-state index is -0.357. The maximum absolute atomic E-state index is 13.1. The molecule has 0 bridgehead atoms. The van der Waals surface area contributed by atoms with Crippen molar-refractivity contribution in [2.24, 2.45) is 5.73 Å². The lowest BCUT2D eigenvalue weighted by molar-refractivity contribution is -0.118. The monoisotopic (exact) mass is 370 g/mol. The van der Waals surface area contributed by atoms with E-state index in [1.807, 2.05) is 6.92 Å². The van der Waals surface area contributed by atoms with E-state index in [0.29, 0.717) is 28.9 Å². The number of hydrogen-bond donors (Lipinski definition) is 2. The van der Waals surface area contributed by atoms with E-state index < -0.39 is 0 Å². The Bertz CT molecular complexity index is 1010. The quantitative estimate of drug-likeness (QED) is 0.716. The number of nitrogens with two attached hydrogens (primary N) is 1. The molecule has 0 spiro atoms. The first-order chi connectivity index (χ1) is 12.4. The van der Waals surface area contributed by atoms with Crippen LogP contribution in [0, 0.1) is 6.92 Å². The number of aromatic nitrogens is 1. The molecule has 5 nitrogen and oxygen atoms in total. The molecule has 3 N–H and O–H groups in total. The minimum absolute atomic E-state index is 0.126.